The number of benzene rings is 1. The molecule has 0 radical (unpaired) electrons. The topological polar surface area (TPSA) is 35.5 Å². The molecule has 16 heavy (non-hydrogen) atoms. The first-order valence-corrected chi connectivity index (χ1v) is 5.61. The van der Waals surface area contributed by atoms with Gasteiger partial charge in [0.25, 0.3) is 0 Å². The molecule has 0 aliphatic heterocycles. The minimum absolute atomic E-state index is 0.0215. The Morgan fingerprint density at radius 2 is 2.12 bits per heavy atom. The van der Waals surface area contributed by atoms with Crippen molar-refractivity contribution in [3.63, 3.8) is 0 Å². The third-order valence-electron chi connectivity index (χ3n) is 1.61. The Bertz CT molecular complexity index is 399. The van der Waals surface area contributed by atoms with Crippen molar-refractivity contribution in [3.8, 4) is 5.75 Å². The van der Waals surface area contributed by atoms with E-state index in [1.165, 1.54) is 0 Å². The summed E-state index contributed by atoms with van der Waals surface area (Å²) >= 11 is 3.30. The second kappa shape index (κ2) is 5.70. The second-order valence-electron chi connectivity index (χ2n) is 3.44. The summed E-state index contributed by atoms with van der Waals surface area (Å²) in [4.78, 5) is 11.4. The lowest BCUT2D eigenvalue weighted by Gasteiger charge is -2.10. The monoisotopic (exact) mass is 284 g/mol. The lowest BCUT2D eigenvalue weighted by Crippen LogP contribution is -2.16. The van der Waals surface area contributed by atoms with E-state index in [1.807, 2.05) is 6.07 Å². The largest absolute Gasteiger partial charge is 0.457 e. The minimum Gasteiger partial charge on any atom is -0.457 e. The molecule has 0 aliphatic rings. The van der Waals surface area contributed by atoms with Gasteiger partial charge in [0.05, 0.1) is 6.10 Å². The minimum atomic E-state index is -0.546. The van der Waals surface area contributed by atoms with E-state index in [2.05, 4.69) is 22.5 Å². The summed E-state index contributed by atoms with van der Waals surface area (Å²) < 4.78 is 11.1. The highest BCUT2D eigenvalue weighted by molar-refractivity contribution is 9.10. The van der Waals surface area contributed by atoms with Crippen LogP contribution in [0.5, 0.6) is 5.75 Å². The molecule has 0 unspecified atom stereocenters. The standard InChI is InChI=1S/C12H13BrO3/c1-8(2)15-12(14)9(3)16-11-6-4-5-10(13)7-11/h4-8H,3H2,1-2H3. The van der Waals surface area contributed by atoms with E-state index in [-0.39, 0.29) is 11.9 Å². The van der Waals surface area contributed by atoms with Crippen LogP contribution in [0.1, 0.15) is 13.8 Å². The zero-order chi connectivity index (χ0) is 12.1. The molecule has 0 bridgehead atoms. The molecule has 0 aromatic heterocycles. The second-order valence-corrected chi connectivity index (χ2v) is 4.35. The van der Waals surface area contributed by atoms with Crippen molar-refractivity contribution in [1.29, 1.82) is 0 Å². The summed E-state index contributed by atoms with van der Waals surface area (Å²) in [7, 11) is 0. The van der Waals surface area contributed by atoms with E-state index in [0.717, 1.165) is 4.47 Å². The van der Waals surface area contributed by atoms with Gasteiger partial charge in [-0.15, -0.1) is 0 Å². The third kappa shape index (κ3) is 4.06. The number of carbonyl (C=O) groups is 1. The SMILES string of the molecule is C=C(Oc1cccc(Br)c1)C(=O)OC(C)C. The molecule has 1 rings (SSSR count). The van der Waals surface area contributed by atoms with E-state index in [4.69, 9.17) is 9.47 Å². The first kappa shape index (κ1) is 12.8. The Labute approximate surface area is 103 Å². The lowest BCUT2D eigenvalue weighted by atomic mass is 10.3. The molecule has 0 saturated carbocycles. The molecule has 1 aromatic carbocycles. The van der Waals surface area contributed by atoms with Crippen molar-refractivity contribution in [3.05, 3.63) is 41.1 Å². The maximum absolute atomic E-state index is 11.4. The molecule has 0 amide bonds. The Hall–Kier alpha value is -1.29. The first-order chi connectivity index (χ1) is 7.49. The molecule has 4 heteroatoms. The number of carbonyl (C=O) groups excluding carboxylic acids is 1. The van der Waals surface area contributed by atoms with Crippen molar-refractivity contribution in [2.45, 2.75) is 20.0 Å². The number of esters is 1. The molecule has 0 saturated heterocycles. The molecule has 0 heterocycles. The van der Waals surface area contributed by atoms with Crippen molar-refractivity contribution in [1.82, 2.24) is 0 Å². The van der Waals surface area contributed by atoms with Crippen LogP contribution in [0.4, 0.5) is 0 Å². The summed E-state index contributed by atoms with van der Waals surface area (Å²) in [5.74, 6) is -0.0261. The predicted octanol–water partition coefficient (Wildman–Crippen LogP) is 3.29. The van der Waals surface area contributed by atoms with Crippen molar-refractivity contribution in [2.75, 3.05) is 0 Å². The molecule has 0 N–H and O–H groups in total. The zero-order valence-corrected chi connectivity index (χ0v) is 10.8. The number of halogens is 1. The molecule has 0 spiro atoms. The van der Waals surface area contributed by atoms with E-state index in [1.54, 1.807) is 32.0 Å². The average Bonchev–Trinajstić information content (AvgIpc) is 2.16. The van der Waals surface area contributed by atoms with Gasteiger partial charge < -0.3 is 9.47 Å². The molecule has 0 atom stereocenters. The fourth-order valence-electron chi connectivity index (χ4n) is 0.994. The number of hydrogen-bond donors (Lipinski definition) is 0. The van der Waals surface area contributed by atoms with E-state index in [0.29, 0.717) is 5.75 Å². The Morgan fingerprint density at radius 3 is 2.69 bits per heavy atom. The summed E-state index contributed by atoms with van der Waals surface area (Å²) in [5.41, 5.74) is 0. The highest BCUT2D eigenvalue weighted by Crippen LogP contribution is 2.19. The smallest absolute Gasteiger partial charge is 0.373 e. The molecule has 1 aromatic rings. The highest BCUT2D eigenvalue weighted by Gasteiger charge is 2.12. The quantitative estimate of drug-likeness (QED) is 0.484. The van der Waals surface area contributed by atoms with E-state index >= 15 is 0 Å². The van der Waals surface area contributed by atoms with Crippen LogP contribution < -0.4 is 4.74 Å². The molecule has 0 aliphatic carbocycles. The van der Waals surface area contributed by atoms with Crippen LogP contribution >= 0.6 is 15.9 Å². The molecular formula is C12H13BrO3. The molecule has 3 nitrogen and oxygen atoms in total. The van der Waals surface area contributed by atoms with Gasteiger partial charge in [-0.3, -0.25) is 0 Å². The number of hydrogen-bond acceptors (Lipinski definition) is 3. The van der Waals surface area contributed by atoms with Crippen LogP contribution in [-0.2, 0) is 9.53 Å². The van der Waals surface area contributed by atoms with Crippen LogP contribution in [0.25, 0.3) is 0 Å². The normalized spacial score (nSPS) is 10.0. The van der Waals surface area contributed by atoms with Gasteiger partial charge in [-0.1, -0.05) is 22.0 Å². The van der Waals surface area contributed by atoms with Gasteiger partial charge in [0.15, 0.2) is 0 Å². The highest BCUT2D eigenvalue weighted by atomic mass is 79.9. The average molecular weight is 285 g/mol. The Balaban J connectivity index is 2.61. The summed E-state index contributed by atoms with van der Waals surface area (Å²) in [6.07, 6.45) is -0.185. The van der Waals surface area contributed by atoms with Gasteiger partial charge in [-0.2, -0.15) is 0 Å². The van der Waals surface area contributed by atoms with Gasteiger partial charge in [0.1, 0.15) is 5.75 Å². The Kier molecular flexibility index (Phi) is 4.55. The van der Waals surface area contributed by atoms with Gasteiger partial charge in [-0.25, -0.2) is 4.79 Å². The van der Waals surface area contributed by atoms with Gasteiger partial charge in [0, 0.05) is 4.47 Å². The maximum Gasteiger partial charge on any atom is 0.373 e. The van der Waals surface area contributed by atoms with Crippen LogP contribution in [-0.4, -0.2) is 12.1 Å². The fourth-order valence-corrected chi connectivity index (χ4v) is 1.37. The summed E-state index contributed by atoms with van der Waals surface area (Å²) in [6.45, 7) is 7.06. The Morgan fingerprint density at radius 1 is 1.44 bits per heavy atom. The van der Waals surface area contributed by atoms with E-state index in [9.17, 15) is 4.79 Å². The molecule has 0 fully saturated rings. The molecular weight excluding hydrogens is 272 g/mol. The fraction of sp³-hybridized carbons (Fsp3) is 0.250. The van der Waals surface area contributed by atoms with Gasteiger partial charge >= 0.3 is 5.97 Å². The van der Waals surface area contributed by atoms with Gasteiger partial charge in [0.2, 0.25) is 5.76 Å². The lowest BCUT2D eigenvalue weighted by molar-refractivity contribution is -0.145. The number of rotatable bonds is 4. The zero-order valence-electron chi connectivity index (χ0n) is 9.20. The molecule has 86 valence electrons. The number of ether oxygens (including phenoxy) is 2. The van der Waals surface area contributed by atoms with Crippen molar-refractivity contribution >= 4 is 21.9 Å². The first-order valence-electron chi connectivity index (χ1n) is 4.82. The van der Waals surface area contributed by atoms with Crippen LogP contribution in [0, 0.1) is 0 Å². The summed E-state index contributed by atoms with van der Waals surface area (Å²) in [5, 5.41) is 0. The predicted molar refractivity (Wildman–Crippen MR) is 65.1 cm³/mol. The van der Waals surface area contributed by atoms with Crippen LogP contribution in [0.15, 0.2) is 41.1 Å². The van der Waals surface area contributed by atoms with Crippen LogP contribution in [0.2, 0.25) is 0 Å². The van der Waals surface area contributed by atoms with Crippen molar-refractivity contribution in [2.24, 2.45) is 0 Å². The van der Waals surface area contributed by atoms with Crippen molar-refractivity contribution < 1.29 is 14.3 Å². The van der Waals surface area contributed by atoms with Gasteiger partial charge in [-0.05, 0) is 38.6 Å². The van der Waals surface area contributed by atoms with Crippen LogP contribution in [0.3, 0.4) is 0 Å². The third-order valence-corrected chi connectivity index (χ3v) is 2.10. The maximum atomic E-state index is 11.4. The summed E-state index contributed by atoms with van der Waals surface area (Å²) in [6, 6.07) is 7.15. The van der Waals surface area contributed by atoms with E-state index < -0.39 is 5.97 Å².